The van der Waals surface area contributed by atoms with E-state index in [1.54, 1.807) is 0 Å². The average Bonchev–Trinajstić information content (AvgIpc) is 2.63. The van der Waals surface area contributed by atoms with Gasteiger partial charge in [0, 0.05) is 0 Å². The van der Waals surface area contributed by atoms with Crippen LogP contribution in [0.4, 0.5) is 0 Å². The average molecular weight is 228 g/mol. The molecule has 0 N–H and O–H groups in total. The van der Waals surface area contributed by atoms with Crippen molar-refractivity contribution in [3.63, 3.8) is 0 Å². The van der Waals surface area contributed by atoms with Crippen molar-refractivity contribution in [2.24, 2.45) is 0 Å². The van der Waals surface area contributed by atoms with Crippen molar-refractivity contribution in [1.29, 1.82) is 0 Å². The number of benzene rings is 3. The molecule has 0 heterocycles. The summed E-state index contributed by atoms with van der Waals surface area (Å²) in [6.07, 6.45) is 0. The molecule has 0 spiro atoms. The zero-order valence-corrected chi connectivity index (χ0v) is 9.08. The summed E-state index contributed by atoms with van der Waals surface area (Å²) in [7, 11) is 0. The minimum absolute atomic E-state index is 0.0745. The lowest BCUT2D eigenvalue weighted by Crippen LogP contribution is -1.79. The Balaban J connectivity index is 2.56. The highest BCUT2D eigenvalue weighted by molar-refractivity contribution is 5.87. The molecule has 3 aromatic rings. The van der Waals surface area contributed by atoms with Crippen LogP contribution in [0.2, 0.25) is 0 Å². The van der Waals surface area contributed by atoms with Gasteiger partial charge in [-0.3, -0.25) is 0 Å². The summed E-state index contributed by atoms with van der Waals surface area (Å²) < 4.78 is 80.6. The first-order valence-corrected chi connectivity index (χ1v) is 5.08. The molecule has 0 saturated carbocycles. The van der Waals surface area contributed by atoms with E-state index >= 15 is 0 Å². The van der Waals surface area contributed by atoms with Crippen LogP contribution in [-0.4, -0.2) is 0 Å². The molecule has 0 aliphatic rings. The fourth-order valence-electron chi connectivity index (χ4n) is 1.47. The molecular formula is C17H14. The maximum absolute atomic E-state index is 8.45. The maximum atomic E-state index is 8.45. The van der Waals surface area contributed by atoms with E-state index in [1.165, 1.54) is 6.92 Å². The highest BCUT2D eigenvalue weighted by atomic mass is 14.0. The topological polar surface area (TPSA) is 0 Å². The maximum Gasteiger partial charge on any atom is 0.0636 e. The standard InChI is InChI=1S/C17H14/c1-13-6-8-15(9-7-13)17-11-10-14-4-2-3-5-16(14)12-17/h2-12H,1H3/i2D,3D,4D,5D,6D,7D,8D,9D,10D,12D. The first kappa shape index (κ1) is 3.99. The zero-order chi connectivity index (χ0) is 20.4. The van der Waals surface area contributed by atoms with Crippen LogP contribution in [-0.2, 0) is 0 Å². The molecule has 0 aromatic heterocycles. The highest BCUT2D eigenvalue weighted by Gasteiger charge is 1.98. The van der Waals surface area contributed by atoms with Gasteiger partial charge in [0.1, 0.15) is 0 Å². The zero-order valence-electron chi connectivity index (χ0n) is 19.1. The lowest BCUT2D eigenvalue weighted by molar-refractivity contribution is 1.47. The van der Waals surface area contributed by atoms with Crippen LogP contribution in [0.3, 0.4) is 0 Å². The molecule has 0 heteroatoms. The Morgan fingerprint density at radius 2 is 1.47 bits per heavy atom. The van der Waals surface area contributed by atoms with Gasteiger partial charge >= 0.3 is 0 Å². The van der Waals surface area contributed by atoms with Gasteiger partial charge < -0.3 is 0 Å². The van der Waals surface area contributed by atoms with Gasteiger partial charge in [0.15, 0.2) is 0 Å². The van der Waals surface area contributed by atoms with Crippen LogP contribution in [0, 0.1) is 6.92 Å². The fraction of sp³-hybridized carbons (Fsp3) is 0.0588. The van der Waals surface area contributed by atoms with E-state index in [1.807, 2.05) is 0 Å². The van der Waals surface area contributed by atoms with Crippen molar-refractivity contribution in [2.45, 2.75) is 6.92 Å². The Kier molecular flexibility index (Phi) is 0.953. The second-order valence-electron chi connectivity index (χ2n) is 3.58. The number of hydrogen-bond donors (Lipinski definition) is 0. The molecule has 3 rings (SSSR count). The minimum atomic E-state index is -0.541. The summed E-state index contributed by atoms with van der Waals surface area (Å²) in [5.41, 5.74) is -0.0768. The number of fused-ring (bicyclic) bond motifs is 1. The van der Waals surface area contributed by atoms with E-state index in [0.717, 1.165) is 6.07 Å². The van der Waals surface area contributed by atoms with E-state index in [0.29, 0.717) is 0 Å². The third kappa shape index (κ3) is 1.94. The summed E-state index contributed by atoms with van der Waals surface area (Å²) in [4.78, 5) is 0. The normalized spacial score (nSPS) is 18.9. The van der Waals surface area contributed by atoms with Crippen LogP contribution < -0.4 is 0 Å². The molecule has 0 atom stereocenters. The van der Waals surface area contributed by atoms with Crippen molar-refractivity contribution < 1.29 is 13.7 Å². The molecule has 0 bridgehead atoms. The van der Waals surface area contributed by atoms with Crippen molar-refractivity contribution in [2.75, 3.05) is 0 Å². The van der Waals surface area contributed by atoms with Gasteiger partial charge in [0.25, 0.3) is 0 Å². The third-order valence-corrected chi connectivity index (χ3v) is 2.33. The van der Waals surface area contributed by atoms with Crippen molar-refractivity contribution >= 4 is 10.8 Å². The smallest absolute Gasteiger partial charge is 0.0616 e. The summed E-state index contributed by atoms with van der Waals surface area (Å²) in [6, 6.07) is -2.67. The second kappa shape index (κ2) is 4.06. The van der Waals surface area contributed by atoms with Gasteiger partial charge in [-0.25, -0.2) is 0 Å². The first-order valence-electron chi connectivity index (χ1n) is 10.1. The Labute approximate surface area is 116 Å². The quantitative estimate of drug-likeness (QED) is 0.560. The molecule has 0 saturated heterocycles. The first-order chi connectivity index (χ1) is 12.5. The molecule has 0 fully saturated rings. The summed E-state index contributed by atoms with van der Waals surface area (Å²) in [5.74, 6) is 0. The Morgan fingerprint density at radius 1 is 0.765 bits per heavy atom. The van der Waals surface area contributed by atoms with Gasteiger partial charge in [-0.1, -0.05) is 66.0 Å². The summed E-state index contributed by atoms with van der Waals surface area (Å²) >= 11 is 0. The molecule has 82 valence electrons. The highest BCUT2D eigenvalue weighted by Crippen LogP contribution is 2.24. The van der Waals surface area contributed by atoms with Crippen LogP contribution >= 0.6 is 0 Å². The van der Waals surface area contributed by atoms with Gasteiger partial charge in [0.05, 0.1) is 13.7 Å². The van der Waals surface area contributed by atoms with Crippen LogP contribution in [0.15, 0.2) is 66.5 Å². The predicted molar refractivity (Wildman–Crippen MR) is 74.1 cm³/mol. The largest absolute Gasteiger partial charge is 0.0636 e. The summed E-state index contributed by atoms with van der Waals surface area (Å²) in [5, 5.41) is -0.293. The van der Waals surface area contributed by atoms with Crippen LogP contribution in [0.5, 0.6) is 0 Å². The molecule has 0 aliphatic carbocycles. The van der Waals surface area contributed by atoms with E-state index in [-0.39, 0.29) is 63.7 Å². The Hall–Kier alpha value is -2.08. The van der Waals surface area contributed by atoms with Gasteiger partial charge in [-0.2, -0.15) is 0 Å². The van der Waals surface area contributed by atoms with E-state index in [4.69, 9.17) is 13.7 Å². The molecule has 0 aliphatic heterocycles. The molecular weight excluding hydrogens is 204 g/mol. The van der Waals surface area contributed by atoms with Crippen molar-refractivity contribution in [3.05, 3.63) is 72.1 Å². The minimum Gasteiger partial charge on any atom is -0.0616 e. The molecule has 0 unspecified atom stereocenters. The molecule has 0 radical (unpaired) electrons. The lowest BCUT2D eigenvalue weighted by atomic mass is 10.0. The summed E-state index contributed by atoms with van der Waals surface area (Å²) in [6.45, 7) is 1.46. The monoisotopic (exact) mass is 228 g/mol. The van der Waals surface area contributed by atoms with Gasteiger partial charge in [-0.05, 0) is 34.9 Å². The van der Waals surface area contributed by atoms with Crippen LogP contribution in [0.25, 0.3) is 21.9 Å². The lowest BCUT2D eigenvalue weighted by Gasteiger charge is -2.04. The number of rotatable bonds is 1. The predicted octanol–water partition coefficient (Wildman–Crippen LogP) is 4.82. The van der Waals surface area contributed by atoms with Crippen molar-refractivity contribution in [1.82, 2.24) is 0 Å². The van der Waals surface area contributed by atoms with Gasteiger partial charge in [0.2, 0.25) is 0 Å². The van der Waals surface area contributed by atoms with Crippen LogP contribution in [0.1, 0.15) is 19.3 Å². The SMILES string of the molecule is [2H]c1c([2H])c(-c2cc([2H])c3c([2H])c([2H])c([2H])c([2H])c3c2[2H])c([2H])c([2H])c1C. The molecule has 0 nitrogen and oxygen atoms in total. The molecule has 0 amide bonds. The second-order valence-corrected chi connectivity index (χ2v) is 3.58. The molecule has 17 heavy (non-hydrogen) atoms. The van der Waals surface area contributed by atoms with Gasteiger partial charge in [-0.15, -0.1) is 0 Å². The fourth-order valence-corrected chi connectivity index (χ4v) is 1.47. The number of hydrogen-bond acceptors (Lipinski definition) is 0. The van der Waals surface area contributed by atoms with E-state index < -0.39 is 24.2 Å². The Morgan fingerprint density at radius 3 is 2.24 bits per heavy atom. The Bertz CT molecular complexity index is 1100. The van der Waals surface area contributed by atoms with Crippen molar-refractivity contribution in [3.8, 4) is 11.1 Å². The molecule has 3 aromatic carbocycles. The van der Waals surface area contributed by atoms with E-state index in [2.05, 4.69) is 0 Å². The third-order valence-electron chi connectivity index (χ3n) is 2.33. The van der Waals surface area contributed by atoms with E-state index in [9.17, 15) is 0 Å².